The van der Waals surface area contributed by atoms with Gasteiger partial charge < -0.3 is 29.8 Å². The van der Waals surface area contributed by atoms with Gasteiger partial charge in [0.05, 0.1) is 14.2 Å². The van der Waals surface area contributed by atoms with E-state index in [1.54, 1.807) is 14.2 Å². The molecule has 0 heterocycles. The van der Waals surface area contributed by atoms with Gasteiger partial charge >= 0.3 is 5.97 Å². The van der Waals surface area contributed by atoms with Crippen LogP contribution in [0.2, 0.25) is 0 Å². The molecule has 4 aromatic rings. The summed E-state index contributed by atoms with van der Waals surface area (Å²) in [5, 5.41) is 9.39. The summed E-state index contributed by atoms with van der Waals surface area (Å²) in [6.45, 7) is 2.32. The molecule has 0 bridgehead atoms. The lowest BCUT2D eigenvalue weighted by atomic mass is 10.1. The predicted molar refractivity (Wildman–Crippen MR) is 162 cm³/mol. The molecule has 0 spiro atoms. The lowest BCUT2D eigenvalue weighted by molar-refractivity contribution is -0.138. The van der Waals surface area contributed by atoms with Crippen LogP contribution in [0.15, 0.2) is 97.1 Å². The van der Waals surface area contributed by atoms with Crippen LogP contribution in [-0.2, 0) is 31.1 Å². The first-order valence-corrected chi connectivity index (χ1v) is 13.8. The zero-order valence-electron chi connectivity index (χ0n) is 24.1. The number of aliphatic carboxylic acids is 1. The van der Waals surface area contributed by atoms with Crippen molar-refractivity contribution in [3.8, 4) is 23.0 Å². The Morgan fingerprint density at radius 3 is 1.67 bits per heavy atom. The number of methoxy groups -OCH3 is 2. The molecule has 0 radical (unpaired) electrons. The molecular weight excluding hydrogens is 532 g/mol. The van der Waals surface area contributed by atoms with Crippen LogP contribution in [0.4, 0.5) is 0 Å². The molecule has 0 fully saturated rings. The van der Waals surface area contributed by atoms with Crippen LogP contribution in [0.5, 0.6) is 23.0 Å². The largest absolute Gasteiger partial charge is 0.497 e. The minimum Gasteiger partial charge on any atom is -0.497 e. The van der Waals surface area contributed by atoms with Gasteiger partial charge in [0.25, 0.3) is 0 Å². The number of hydrogen-bond acceptors (Lipinski definition) is 7. The summed E-state index contributed by atoms with van der Waals surface area (Å²) in [5.41, 5.74) is 9.85. The summed E-state index contributed by atoms with van der Waals surface area (Å²) in [6, 6.07) is 30.4. The van der Waals surface area contributed by atoms with Crippen molar-refractivity contribution < 1.29 is 28.8 Å². The van der Waals surface area contributed by atoms with Gasteiger partial charge in [-0.1, -0.05) is 60.7 Å². The van der Waals surface area contributed by atoms with Crippen LogP contribution in [0.3, 0.4) is 0 Å². The average molecular weight is 571 g/mol. The molecule has 8 heteroatoms. The number of benzene rings is 4. The molecule has 42 heavy (non-hydrogen) atoms. The molecule has 0 aliphatic carbocycles. The van der Waals surface area contributed by atoms with E-state index >= 15 is 0 Å². The predicted octanol–water partition coefficient (Wildman–Crippen LogP) is 5.67. The molecule has 0 saturated carbocycles. The highest BCUT2D eigenvalue weighted by molar-refractivity contribution is 5.73. The van der Waals surface area contributed by atoms with Crippen molar-refractivity contribution in [2.45, 2.75) is 38.8 Å². The molecule has 8 nitrogen and oxygen atoms in total. The van der Waals surface area contributed by atoms with E-state index in [2.05, 4.69) is 4.90 Å². The molecule has 0 saturated heterocycles. The number of carbonyl (C=O) groups is 1. The average Bonchev–Trinajstić information content (AvgIpc) is 3.02. The summed E-state index contributed by atoms with van der Waals surface area (Å²) in [4.78, 5) is 13.6. The smallest absolute Gasteiger partial charge is 0.320 e. The number of carboxylic acids is 1. The van der Waals surface area contributed by atoms with Crippen LogP contribution in [0.1, 0.15) is 28.7 Å². The second-order valence-electron chi connectivity index (χ2n) is 9.94. The van der Waals surface area contributed by atoms with E-state index in [1.165, 1.54) is 0 Å². The number of carboxylic acid groups (broad SMARTS) is 1. The Morgan fingerprint density at radius 1 is 0.738 bits per heavy atom. The fourth-order valence-electron chi connectivity index (χ4n) is 4.54. The molecule has 0 aliphatic rings. The molecule has 1 atom stereocenters. The van der Waals surface area contributed by atoms with Gasteiger partial charge in [0.15, 0.2) is 0 Å². The van der Waals surface area contributed by atoms with Crippen LogP contribution >= 0.6 is 0 Å². The number of nitrogens with zero attached hydrogens (tertiary/aromatic N) is 1. The van der Waals surface area contributed by atoms with Gasteiger partial charge in [0, 0.05) is 30.8 Å². The minimum atomic E-state index is -1.01. The number of hydrogen-bond donors (Lipinski definition) is 2. The Morgan fingerprint density at radius 2 is 1.21 bits per heavy atom. The van der Waals surface area contributed by atoms with Gasteiger partial charge in [-0.3, -0.25) is 9.69 Å². The van der Waals surface area contributed by atoms with Crippen molar-refractivity contribution in [1.82, 2.24) is 4.90 Å². The van der Waals surface area contributed by atoms with Crippen LogP contribution in [-0.4, -0.2) is 42.8 Å². The van der Waals surface area contributed by atoms with Crippen molar-refractivity contribution >= 4 is 5.97 Å². The van der Waals surface area contributed by atoms with E-state index < -0.39 is 12.0 Å². The third-order valence-corrected chi connectivity index (χ3v) is 6.86. The fraction of sp³-hybridized carbons (Fsp3) is 0.265. The second kappa shape index (κ2) is 15.5. The number of para-hydroxylation sites is 2. The molecule has 0 amide bonds. The maximum atomic E-state index is 11.5. The first-order valence-electron chi connectivity index (χ1n) is 13.8. The zero-order chi connectivity index (χ0) is 29.7. The maximum absolute atomic E-state index is 11.5. The van der Waals surface area contributed by atoms with E-state index in [0.717, 1.165) is 45.3 Å². The number of nitrogens with two attached hydrogens (primary N) is 1. The van der Waals surface area contributed by atoms with Gasteiger partial charge in [0.2, 0.25) is 0 Å². The Labute approximate surface area is 247 Å². The molecule has 0 aromatic heterocycles. The van der Waals surface area contributed by atoms with Gasteiger partial charge in [0.1, 0.15) is 42.3 Å². The van der Waals surface area contributed by atoms with Gasteiger partial charge in [-0.05, 0) is 53.9 Å². The Balaban J connectivity index is 1.51. The fourth-order valence-corrected chi connectivity index (χ4v) is 4.54. The summed E-state index contributed by atoms with van der Waals surface area (Å²) >= 11 is 0. The first kappa shape index (κ1) is 30.4. The zero-order valence-corrected chi connectivity index (χ0v) is 24.1. The lowest BCUT2D eigenvalue weighted by Gasteiger charge is -2.25. The topological polar surface area (TPSA) is 103 Å². The molecule has 220 valence electrons. The highest BCUT2D eigenvalue weighted by Crippen LogP contribution is 2.26. The van der Waals surface area contributed by atoms with E-state index in [1.807, 2.05) is 97.1 Å². The van der Waals surface area contributed by atoms with Crippen molar-refractivity contribution in [2.75, 3.05) is 20.8 Å². The Kier molecular flexibility index (Phi) is 11.2. The SMILES string of the molecule is COc1cccc(COc2ccccc2CN(CC[C@H](N)C(=O)O)Cc2ccccc2OCc2cccc(OC)c2)c1. The Hall–Kier alpha value is -4.53. The van der Waals surface area contributed by atoms with E-state index in [-0.39, 0.29) is 0 Å². The number of ether oxygens (including phenoxy) is 4. The number of rotatable bonds is 16. The summed E-state index contributed by atoms with van der Waals surface area (Å²) in [6.07, 6.45) is 0.301. The van der Waals surface area contributed by atoms with E-state index in [4.69, 9.17) is 24.7 Å². The standard InChI is InChI=1S/C34H38N2O6/c1-39-29-13-7-9-25(19-29)23-41-32-15-5-3-11-27(32)21-36(18-17-31(35)34(37)38)22-28-12-4-6-16-33(28)42-24-26-10-8-14-30(20-26)40-2/h3-16,19-20,31H,17-18,21-24,35H2,1-2H3,(H,37,38)/t31-/m0/s1. The summed E-state index contributed by atoms with van der Waals surface area (Å²) in [5.74, 6) is 2.06. The van der Waals surface area contributed by atoms with Gasteiger partial charge in [-0.15, -0.1) is 0 Å². The van der Waals surface area contributed by atoms with Crippen molar-refractivity contribution in [3.05, 3.63) is 119 Å². The first-order chi connectivity index (χ1) is 20.4. The summed E-state index contributed by atoms with van der Waals surface area (Å²) < 4.78 is 23.1. The molecule has 0 unspecified atom stereocenters. The molecule has 4 rings (SSSR count). The van der Waals surface area contributed by atoms with Crippen LogP contribution in [0.25, 0.3) is 0 Å². The maximum Gasteiger partial charge on any atom is 0.320 e. The monoisotopic (exact) mass is 570 g/mol. The van der Waals surface area contributed by atoms with Crippen LogP contribution in [0, 0.1) is 0 Å². The molecular formula is C34H38N2O6. The Bertz CT molecular complexity index is 1350. The van der Waals surface area contributed by atoms with Crippen molar-refractivity contribution in [1.29, 1.82) is 0 Å². The van der Waals surface area contributed by atoms with Crippen molar-refractivity contribution in [2.24, 2.45) is 5.73 Å². The van der Waals surface area contributed by atoms with Gasteiger partial charge in [-0.25, -0.2) is 0 Å². The summed E-state index contributed by atoms with van der Waals surface area (Å²) in [7, 11) is 3.28. The third-order valence-electron chi connectivity index (χ3n) is 6.86. The quantitative estimate of drug-likeness (QED) is 0.178. The lowest BCUT2D eigenvalue weighted by Crippen LogP contribution is -2.35. The minimum absolute atomic E-state index is 0.301. The van der Waals surface area contributed by atoms with Gasteiger partial charge in [-0.2, -0.15) is 0 Å². The van der Waals surface area contributed by atoms with Crippen molar-refractivity contribution in [3.63, 3.8) is 0 Å². The molecule has 0 aliphatic heterocycles. The third kappa shape index (κ3) is 8.99. The van der Waals surface area contributed by atoms with E-state index in [9.17, 15) is 9.90 Å². The highest BCUT2D eigenvalue weighted by atomic mass is 16.5. The molecule has 4 aromatic carbocycles. The normalized spacial score (nSPS) is 11.6. The van der Waals surface area contributed by atoms with Crippen LogP contribution < -0.4 is 24.7 Å². The second-order valence-corrected chi connectivity index (χ2v) is 9.94. The molecule has 3 N–H and O–H groups in total. The highest BCUT2D eigenvalue weighted by Gasteiger charge is 2.18. The van der Waals surface area contributed by atoms with E-state index in [0.29, 0.717) is 39.3 Å².